The van der Waals surface area contributed by atoms with E-state index in [4.69, 9.17) is 4.74 Å². The number of H-pyrrole nitrogens is 1. The number of thioether (sulfide) groups is 1. The van der Waals surface area contributed by atoms with Crippen molar-refractivity contribution in [3.05, 3.63) is 59.8 Å². The summed E-state index contributed by atoms with van der Waals surface area (Å²) in [6.45, 7) is 3.85. The van der Waals surface area contributed by atoms with Crippen molar-refractivity contribution in [1.29, 1.82) is 0 Å². The van der Waals surface area contributed by atoms with Crippen LogP contribution in [-0.4, -0.2) is 37.9 Å². The Hall–Kier alpha value is -3.06. The summed E-state index contributed by atoms with van der Waals surface area (Å²) in [6, 6.07) is 15.6. The molecule has 2 aromatic heterocycles. The molecule has 0 aliphatic heterocycles. The Balaban J connectivity index is 1.58. The third-order valence-corrected chi connectivity index (χ3v) is 6.11. The van der Waals surface area contributed by atoms with E-state index in [0.29, 0.717) is 5.16 Å². The molecule has 0 bridgehead atoms. The van der Waals surface area contributed by atoms with Crippen molar-refractivity contribution in [1.82, 2.24) is 19.7 Å². The van der Waals surface area contributed by atoms with E-state index in [1.165, 1.54) is 11.8 Å². The van der Waals surface area contributed by atoms with E-state index in [1.54, 1.807) is 7.11 Å². The second kappa shape index (κ2) is 7.75. The molecule has 6 nitrogen and oxygen atoms in total. The van der Waals surface area contributed by atoms with Crippen LogP contribution in [0.2, 0.25) is 0 Å². The minimum atomic E-state index is -0.292. The molecule has 1 N–H and O–H groups in total. The number of carbonyl (C=O) groups is 1. The maximum Gasteiger partial charge on any atom is 0.191 e. The fraction of sp³-hybridized carbons (Fsp3) is 0.227. The molecule has 148 valence electrons. The number of nitrogens with one attached hydrogen (secondary N) is 1. The highest BCUT2D eigenvalue weighted by molar-refractivity contribution is 8.00. The number of hydrogen-bond donors (Lipinski definition) is 1. The molecule has 4 rings (SSSR count). The average molecular weight is 407 g/mol. The van der Waals surface area contributed by atoms with Gasteiger partial charge >= 0.3 is 0 Å². The lowest BCUT2D eigenvalue weighted by atomic mass is 10.1. The number of carbonyl (C=O) groups excluding carboxylic acids is 1. The monoisotopic (exact) mass is 406 g/mol. The topological polar surface area (TPSA) is 72.8 Å². The van der Waals surface area contributed by atoms with Crippen LogP contribution in [0.15, 0.2) is 53.7 Å². The van der Waals surface area contributed by atoms with E-state index >= 15 is 0 Å². The van der Waals surface area contributed by atoms with Gasteiger partial charge in [0.25, 0.3) is 0 Å². The van der Waals surface area contributed by atoms with Gasteiger partial charge in [0, 0.05) is 34.8 Å². The zero-order valence-corrected chi connectivity index (χ0v) is 17.6. The molecule has 0 saturated carbocycles. The Labute approximate surface area is 173 Å². The van der Waals surface area contributed by atoms with Crippen molar-refractivity contribution in [2.24, 2.45) is 7.05 Å². The van der Waals surface area contributed by atoms with Gasteiger partial charge in [0.05, 0.1) is 12.4 Å². The molecule has 0 fully saturated rings. The Kier molecular flexibility index (Phi) is 5.15. The number of aromatic nitrogens is 4. The zero-order valence-electron chi connectivity index (χ0n) is 16.8. The number of Topliss-reactive ketones (excluding diaryl/α,β-unsaturated/α-hetero) is 1. The average Bonchev–Trinajstić information content (AvgIpc) is 3.26. The number of fused-ring (bicyclic) bond motifs is 1. The standard InChI is InChI=1S/C22H22N4O2S/c1-13-19(17-7-5-6-8-18(17)23-13)20(27)14(2)29-22-25-24-21(26(22)3)15-9-11-16(28-4)12-10-15/h5-12,14,23H,1-4H3/t14-/m1/s1. The fourth-order valence-electron chi connectivity index (χ4n) is 3.42. The van der Waals surface area contributed by atoms with Crippen molar-refractivity contribution in [2.75, 3.05) is 7.11 Å². The number of nitrogens with zero attached hydrogens (tertiary/aromatic N) is 3. The highest BCUT2D eigenvalue weighted by Crippen LogP contribution is 2.31. The molecule has 0 spiro atoms. The van der Waals surface area contributed by atoms with E-state index in [1.807, 2.05) is 74.0 Å². The number of aromatic amines is 1. The first-order valence-corrected chi connectivity index (χ1v) is 10.2. The van der Waals surface area contributed by atoms with Crippen LogP contribution in [0.3, 0.4) is 0 Å². The summed E-state index contributed by atoms with van der Waals surface area (Å²) in [4.78, 5) is 16.5. The highest BCUT2D eigenvalue weighted by Gasteiger charge is 2.24. The largest absolute Gasteiger partial charge is 0.497 e. The van der Waals surface area contributed by atoms with E-state index in [0.717, 1.165) is 39.3 Å². The Morgan fingerprint density at radius 3 is 2.59 bits per heavy atom. The fourth-order valence-corrected chi connectivity index (χ4v) is 4.29. The number of ether oxygens (including phenoxy) is 1. The predicted octanol–water partition coefficient (Wildman–Crippen LogP) is 4.64. The normalized spacial score (nSPS) is 12.3. The molecule has 0 saturated heterocycles. The molecule has 0 unspecified atom stereocenters. The van der Waals surface area contributed by atoms with Crippen LogP contribution in [-0.2, 0) is 7.05 Å². The number of benzene rings is 2. The first kappa shape index (κ1) is 19.3. The summed E-state index contributed by atoms with van der Waals surface area (Å²) in [5.74, 6) is 1.62. The van der Waals surface area contributed by atoms with Gasteiger partial charge in [-0.3, -0.25) is 4.79 Å². The number of methoxy groups -OCH3 is 1. The van der Waals surface area contributed by atoms with Gasteiger partial charge in [0.2, 0.25) is 0 Å². The molecule has 4 aromatic rings. The van der Waals surface area contributed by atoms with Gasteiger partial charge < -0.3 is 14.3 Å². The van der Waals surface area contributed by atoms with Crippen LogP contribution < -0.4 is 4.74 Å². The lowest BCUT2D eigenvalue weighted by Crippen LogP contribution is -2.15. The number of ketones is 1. The Morgan fingerprint density at radius 1 is 1.14 bits per heavy atom. The number of para-hydroxylation sites is 1. The van der Waals surface area contributed by atoms with Crippen LogP contribution in [0.25, 0.3) is 22.3 Å². The van der Waals surface area contributed by atoms with Gasteiger partial charge in [-0.2, -0.15) is 0 Å². The highest BCUT2D eigenvalue weighted by atomic mass is 32.2. The minimum absolute atomic E-state index is 0.0824. The van der Waals surface area contributed by atoms with E-state index < -0.39 is 0 Å². The first-order chi connectivity index (χ1) is 14.0. The predicted molar refractivity (Wildman–Crippen MR) is 116 cm³/mol. The van der Waals surface area contributed by atoms with Crippen LogP contribution in [0.5, 0.6) is 5.75 Å². The summed E-state index contributed by atoms with van der Waals surface area (Å²) < 4.78 is 7.12. The molecular weight excluding hydrogens is 384 g/mol. The summed E-state index contributed by atoms with van der Waals surface area (Å²) in [6.07, 6.45) is 0. The van der Waals surface area contributed by atoms with Gasteiger partial charge in [-0.25, -0.2) is 0 Å². The smallest absolute Gasteiger partial charge is 0.191 e. The lowest BCUT2D eigenvalue weighted by molar-refractivity contribution is 0.0995. The number of rotatable bonds is 6. The van der Waals surface area contributed by atoms with E-state index in [-0.39, 0.29) is 11.0 Å². The van der Waals surface area contributed by atoms with Crippen LogP contribution in [0.4, 0.5) is 0 Å². The molecular formula is C22H22N4O2S. The van der Waals surface area contributed by atoms with Crippen molar-refractivity contribution < 1.29 is 9.53 Å². The molecule has 0 aliphatic rings. The molecule has 0 radical (unpaired) electrons. The van der Waals surface area contributed by atoms with Crippen LogP contribution in [0.1, 0.15) is 23.0 Å². The summed E-state index contributed by atoms with van der Waals surface area (Å²) >= 11 is 1.42. The quantitative estimate of drug-likeness (QED) is 0.373. The number of aryl methyl sites for hydroxylation is 1. The van der Waals surface area contributed by atoms with E-state index in [2.05, 4.69) is 15.2 Å². The van der Waals surface area contributed by atoms with Crippen LogP contribution in [0, 0.1) is 6.92 Å². The molecule has 2 aromatic carbocycles. The SMILES string of the molecule is COc1ccc(-c2nnc(S[C@H](C)C(=O)c3c(C)[nH]c4ccccc34)n2C)cc1. The Morgan fingerprint density at radius 2 is 1.86 bits per heavy atom. The van der Waals surface area contributed by atoms with Gasteiger partial charge in [-0.1, -0.05) is 30.0 Å². The van der Waals surface area contributed by atoms with Gasteiger partial charge in [-0.05, 0) is 44.2 Å². The molecule has 29 heavy (non-hydrogen) atoms. The molecule has 0 amide bonds. The minimum Gasteiger partial charge on any atom is -0.497 e. The van der Waals surface area contributed by atoms with Gasteiger partial charge in [-0.15, -0.1) is 10.2 Å². The second-order valence-corrected chi connectivity index (χ2v) is 8.20. The third kappa shape index (κ3) is 3.53. The molecule has 7 heteroatoms. The zero-order chi connectivity index (χ0) is 20.5. The summed E-state index contributed by atoms with van der Waals surface area (Å²) in [5.41, 5.74) is 3.56. The maximum atomic E-state index is 13.2. The van der Waals surface area contributed by atoms with Crippen molar-refractivity contribution >= 4 is 28.4 Å². The first-order valence-electron chi connectivity index (χ1n) is 9.31. The van der Waals surface area contributed by atoms with Gasteiger partial charge in [0.15, 0.2) is 16.8 Å². The molecule has 2 heterocycles. The van der Waals surface area contributed by atoms with Crippen molar-refractivity contribution in [3.63, 3.8) is 0 Å². The molecule has 0 aliphatic carbocycles. The van der Waals surface area contributed by atoms with E-state index in [9.17, 15) is 4.79 Å². The molecule has 1 atom stereocenters. The van der Waals surface area contributed by atoms with Gasteiger partial charge in [0.1, 0.15) is 5.75 Å². The third-order valence-electron chi connectivity index (χ3n) is 4.97. The van der Waals surface area contributed by atoms with Crippen molar-refractivity contribution in [3.8, 4) is 17.1 Å². The maximum absolute atomic E-state index is 13.2. The summed E-state index contributed by atoms with van der Waals surface area (Å²) in [5, 5.41) is 9.99. The Bertz CT molecular complexity index is 1180. The number of hydrogen-bond acceptors (Lipinski definition) is 5. The second-order valence-electron chi connectivity index (χ2n) is 6.89. The van der Waals surface area contributed by atoms with Crippen LogP contribution >= 0.6 is 11.8 Å². The lowest BCUT2D eigenvalue weighted by Gasteiger charge is -2.10. The van der Waals surface area contributed by atoms with Crippen molar-refractivity contribution in [2.45, 2.75) is 24.3 Å². The summed E-state index contributed by atoms with van der Waals surface area (Å²) in [7, 11) is 3.55.